The van der Waals surface area contributed by atoms with Crippen LogP contribution in [0.15, 0.2) is 42.6 Å². The summed E-state index contributed by atoms with van der Waals surface area (Å²) in [5.74, 6) is 1.37. The molecule has 1 aliphatic heterocycles. The quantitative estimate of drug-likeness (QED) is 0.772. The summed E-state index contributed by atoms with van der Waals surface area (Å²) in [5.41, 5.74) is 2.15. The SMILES string of the molecule is Cc1nc([C@@H]2CCCN(C(=O)c3ccc(-c4ccc(F)cn4)cc3)C2)n[nH]1. The van der Waals surface area contributed by atoms with Gasteiger partial charge in [0.25, 0.3) is 5.91 Å². The Bertz CT molecular complexity index is 936. The van der Waals surface area contributed by atoms with Crippen molar-refractivity contribution in [3.05, 3.63) is 65.6 Å². The van der Waals surface area contributed by atoms with Crippen molar-refractivity contribution >= 4 is 5.91 Å². The van der Waals surface area contributed by atoms with Crippen molar-refractivity contribution in [2.75, 3.05) is 13.1 Å². The molecule has 0 spiro atoms. The number of hydrogen-bond acceptors (Lipinski definition) is 4. The number of rotatable bonds is 3. The Kier molecular flexibility index (Phi) is 4.66. The summed E-state index contributed by atoms with van der Waals surface area (Å²) in [6, 6.07) is 10.3. The smallest absolute Gasteiger partial charge is 0.253 e. The molecular formula is C20H20FN5O. The number of aryl methyl sites for hydroxylation is 1. The van der Waals surface area contributed by atoms with E-state index in [-0.39, 0.29) is 17.6 Å². The predicted octanol–water partition coefficient (Wildman–Crippen LogP) is 3.33. The number of carbonyl (C=O) groups is 1. The fourth-order valence-corrected chi connectivity index (χ4v) is 3.43. The first-order chi connectivity index (χ1) is 13.1. The van der Waals surface area contributed by atoms with E-state index in [0.717, 1.165) is 36.6 Å². The molecule has 0 radical (unpaired) electrons. The number of likely N-dealkylation sites (tertiary alicyclic amines) is 1. The number of piperidine rings is 1. The van der Waals surface area contributed by atoms with E-state index < -0.39 is 0 Å². The molecular weight excluding hydrogens is 345 g/mol. The van der Waals surface area contributed by atoms with Gasteiger partial charge in [-0.3, -0.25) is 14.9 Å². The lowest BCUT2D eigenvalue weighted by Gasteiger charge is -2.31. The van der Waals surface area contributed by atoms with Crippen LogP contribution in [0.3, 0.4) is 0 Å². The zero-order valence-electron chi connectivity index (χ0n) is 15.0. The van der Waals surface area contributed by atoms with Crippen LogP contribution in [0.4, 0.5) is 4.39 Å². The molecule has 138 valence electrons. The average molecular weight is 365 g/mol. The minimum atomic E-state index is -0.369. The molecule has 1 aliphatic rings. The molecule has 3 heterocycles. The van der Waals surface area contributed by atoms with Crippen molar-refractivity contribution in [3.8, 4) is 11.3 Å². The van der Waals surface area contributed by atoms with Crippen LogP contribution in [0.25, 0.3) is 11.3 Å². The number of pyridine rings is 1. The number of H-pyrrole nitrogens is 1. The van der Waals surface area contributed by atoms with Gasteiger partial charge in [-0.05, 0) is 44.0 Å². The summed E-state index contributed by atoms with van der Waals surface area (Å²) in [5, 5.41) is 7.12. The van der Waals surface area contributed by atoms with Crippen molar-refractivity contribution in [1.82, 2.24) is 25.1 Å². The standard InChI is InChI=1S/C20H20FN5O/c1-13-23-19(25-24-13)16-3-2-10-26(12-16)20(27)15-6-4-14(5-7-15)18-9-8-17(21)11-22-18/h4-9,11,16H,2-3,10,12H2,1H3,(H,23,24,25)/t16-/m1/s1. The molecule has 3 aromatic rings. The van der Waals surface area contributed by atoms with Gasteiger partial charge in [0, 0.05) is 30.1 Å². The molecule has 1 fully saturated rings. The van der Waals surface area contributed by atoms with E-state index in [2.05, 4.69) is 20.2 Å². The molecule has 0 unspecified atom stereocenters. The molecule has 0 aliphatic carbocycles. The fourth-order valence-electron chi connectivity index (χ4n) is 3.43. The molecule has 2 aromatic heterocycles. The number of hydrogen-bond donors (Lipinski definition) is 1. The molecule has 6 nitrogen and oxygen atoms in total. The minimum absolute atomic E-state index is 0.00516. The Hall–Kier alpha value is -3.09. The number of amides is 1. The van der Waals surface area contributed by atoms with Crippen LogP contribution in [0.2, 0.25) is 0 Å². The van der Waals surface area contributed by atoms with Gasteiger partial charge < -0.3 is 4.90 Å². The Labute approximate surface area is 156 Å². The molecule has 1 aromatic carbocycles. The Morgan fingerprint density at radius 3 is 2.70 bits per heavy atom. The summed E-state index contributed by atoms with van der Waals surface area (Å²) < 4.78 is 13.0. The van der Waals surface area contributed by atoms with E-state index in [1.807, 2.05) is 24.0 Å². The number of aromatic nitrogens is 4. The highest BCUT2D eigenvalue weighted by atomic mass is 19.1. The van der Waals surface area contributed by atoms with Gasteiger partial charge in [0.1, 0.15) is 11.6 Å². The van der Waals surface area contributed by atoms with E-state index in [1.54, 1.807) is 18.2 Å². The second kappa shape index (κ2) is 7.26. The van der Waals surface area contributed by atoms with Crippen LogP contribution in [0, 0.1) is 12.7 Å². The van der Waals surface area contributed by atoms with Gasteiger partial charge in [-0.1, -0.05) is 12.1 Å². The van der Waals surface area contributed by atoms with Crippen LogP contribution >= 0.6 is 0 Å². The van der Waals surface area contributed by atoms with Crippen LogP contribution in [-0.4, -0.2) is 44.1 Å². The van der Waals surface area contributed by atoms with Crippen LogP contribution < -0.4 is 0 Å². The number of benzene rings is 1. The van der Waals surface area contributed by atoms with E-state index in [9.17, 15) is 9.18 Å². The van der Waals surface area contributed by atoms with E-state index in [4.69, 9.17) is 0 Å². The monoisotopic (exact) mass is 365 g/mol. The average Bonchev–Trinajstić information content (AvgIpc) is 3.15. The van der Waals surface area contributed by atoms with Crippen molar-refractivity contribution in [3.63, 3.8) is 0 Å². The summed E-state index contributed by atoms with van der Waals surface area (Å²) in [4.78, 5) is 23.2. The Morgan fingerprint density at radius 2 is 2.04 bits per heavy atom. The zero-order chi connectivity index (χ0) is 18.8. The topological polar surface area (TPSA) is 74.8 Å². The maximum Gasteiger partial charge on any atom is 0.253 e. The molecule has 1 amide bonds. The molecule has 1 saturated heterocycles. The summed E-state index contributed by atoms with van der Waals surface area (Å²) >= 11 is 0. The summed E-state index contributed by atoms with van der Waals surface area (Å²) in [7, 11) is 0. The molecule has 0 saturated carbocycles. The largest absolute Gasteiger partial charge is 0.338 e. The fraction of sp³-hybridized carbons (Fsp3) is 0.300. The number of nitrogens with zero attached hydrogens (tertiary/aromatic N) is 4. The minimum Gasteiger partial charge on any atom is -0.338 e. The van der Waals surface area contributed by atoms with E-state index in [1.165, 1.54) is 12.3 Å². The first-order valence-corrected chi connectivity index (χ1v) is 9.00. The van der Waals surface area contributed by atoms with Gasteiger partial charge in [0.2, 0.25) is 0 Å². The Morgan fingerprint density at radius 1 is 1.22 bits per heavy atom. The molecule has 27 heavy (non-hydrogen) atoms. The highest BCUT2D eigenvalue weighted by Gasteiger charge is 2.27. The number of carbonyl (C=O) groups excluding carboxylic acids is 1. The van der Waals surface area contributed by atoms with Crippen LogP contribution in [-0.2, 0) is 0 Å². The van der Waals surface area contributed by atoms with Crippen molar-refractivity contribution in [2.24, 2.45) is 0 Å². The van der Waals surface area contributed by atoms with Gasteiger partial charge in [0.15, 0.2) is 5.82 Å². The Balaban J connectivity index is 1.48. The molecule has 7 heteroatoms. The zero-order valence-corrected chi connectivity index (χ0v) is 15.0. The lowest BCUT2D eigenvalue weighted by Crippen LogP contribution is -2.39. The number of aromatic amines is 1. The predicted molar refractivity (Wildman–Crippen MR) is 98.6 cm³/mol. The van der Waals surface area contributed by atoms with Crippen molar-refractivity contribution in [1.29, 1.82) is 0 Å². The maximum atomic E-state index is 13.0. The lowest BCUT2D eigenvalue weighted by atomic mass is 9.96. The van der Waals surface area contributed by atoms with Crippen molar-refractivity contribution < 1.29 is 9.18 Å². The van der Waals surface area contributed by atoms with E-state index >= 15 is 0 Å². The van der Waals surface area contributed by atoms with Gasteiger partial charge in [-0.2, -0.15) is 5.10 Å². The molecule has 1 N–H and O–H groups in total. The summed E-state index contributed by atoms with van der Waals surface area (Å²) in [6.45, 7) is 3.23. The lowest BCUT2D eigenvalue weighted by molar-refractivity contribution is 0.0704. The highest BCUT2D eigenvalue weighted by Crippen LogP contribution is 2.26. The first-order valence-electron chi connectivity index (χ1n) is 9.00. The van der Waals surface area contributed by atoms with E-state index in [0.29, 0.717) is 17.8 Å². The van der Waals surface area contributed by atoms with Gasteiger partial charge in [-0.15, -0.1) is 0 Å². The number of halogens is 1. The van der Waals surface area contributed by atoms with Crippen LogP contribution in [0.5, 0.6) is 0 Å². The van der Waals surface area contributed by atoms with Gasteiger partial charge in [0.05, 0.1) is 11.9 Å². The normalized spacial score (nSPS) is 17.1. The van der Waals surface area contributed by atoms with Crippen LogP contribution in [0.1, 0.15) is 40.8 Å². The third kappa shape index (κ3) is 3.72. The first kappa shape index (κ1) is 17.3. The second-order valence-electron chi connectivity index (χ2n) is 6.81. The second-order valence-corrected chi connectivity index (χ2v) is 6.81. The maximum absolute atomic E-state index is 13.0. The summed E-state index contributed by atoms with van der Waals surface area (Å²) in [6.07, 6.45) is 3.10. The molecule has 1 atom stereocenters. The van der Waals surface area contributed by atoms with Crippen molar-refractivity contribution in [2.45, 2.75) is 25.7 Å². The van der Waals surface area contributed by atoms with Gasteiger partial charge in [-0.25, -0.2) is 9.37 Å². The number of nitrogens with one attached hydrogen (secondary N) is 1. The third-order valence-corrected chi connectivity index (χ3v) is 4.84. The van der Waals surface area contributed by atoms with Gasteiger partial charge >= 0.3 is 0 Å². The molecule has 0 bridgehead atoms. The molecule has 4 rings (SSSR count). The third-order valence-electron chi connectivity index (χ3n) is 4.84. The highest BCUT2D eigenvalue weighted by molar-refractivity contribution is 5.94.